The molecule has 1 aliphatic carbocycles. The highest BCUT2D eigenvalue weighted by molar-refractivity contribution is 8.08. The molecule has 0 N–H and O–H groups in total. The standard InChI is InChI=1S/C12H12S2/c1-11-9(5-7-13-11)3-4-10-6-8-14-12(10,11)2/h3-8H,1-2H3. The zero-order valence-corrected chi connectivity index (χ0v) is 9.91. The smallest absolute Gasteiger partial charge is 0.0609 e. The molecule has 0 aromatic carbocycles. The zero-order valence-electron chi connectivity index (χ0n) is 8.28. The molecule has 0 bridgehead atoms. The molecule has 2 atom stereocenters. The summed E-state index contributed by atoms with van der Waals surface area (Å²) in [6.07, 6.45) is 9.04. The summed E-state index contributed by atoms with van der Waals surface area (Å²) in [5.41, 5.74) is 2.93. The number of hydrogen-bond acceptors (Lipinski definition) is 2. The summed E-state index contributed by atoms with van der Waals surface area (Å²) in [6.45, 7) is 4.72. The van der Waals surface area contributed by atoms with Gasteiger partial charge in [-0.2, -0.15) is 0 Å². The second kappa shape index (κ2) is 2.61. The maximum atomic E-state index is 2.36. The second-order valence-electron chi connectivity index (χ2n) is 4.15. The third-order valence-electron chi connectivity index (χ3n) is 3.56. The Labute approximate surface area is 93.2 Å². The molecule has 2 heteroatoms. The van der Waals surface area contributed by atoms with Crippen molar-refractivity contribution in [2.45, 2.75) is 23.3 Å². The second-order valence-corrected chi connectivity index (χ2v) is 6.80. The fraction of sp³-hybridized carbons (Fsp3) is 0.333. The van der Waals surface area contributed by atoms with Crippen molar-refractivity contribution in [2.24, 2.45) is 0 Å². The van der Waals surface area contributed by atoms with Crippen LogP contribution in [-0.2, 0) is 0 Å². The van der Waals surface area contributed by atoms with Crippen LogP contribution in [0.2, 0.25) is 0 Å². The van der Waals surface area contributed by atoms with Crippen LogP contribution in [-0.4, -0.2) is 9.49 Å². The highest BCUT2D eigenvalue weighted by atomic mass is 32.2. The van der Waals surface area contributed by atoms with E-state index in [-0.39, 0.29) is 9.49 Å². The molecule has 0 radical (unpaired) electrons. The minimum atomic E-state index is 0.227. The van der Waals surface area contributed by atoms with Gasteiger partial charge in [-0.1, -0.05) is 24.3 Å². The van der Waals surface area contributed by atoms with Crippen molar-refractivity contribution < 1.29 is 0 Å². The van der Waals surface area contributed by atoms with Crippen molar-refractivity contribution in [2.75, 3.05) is 0 Å². The summed E-state index contributed by atoms with van der Waals surface area (Å²) < 4.78 is 0.455. The fourth-order valence-electron chi connectivity index (χ4n) is 2.33. The monoisotopic (exact) mass is 220 g/mol. The van der Waals surface area contributed by atoms with Crippen LogP contribution in [0.4, 0.5) is 0 Å². The summed E-state index contributed by atoms with van der Waals surface area (Å²) in [6, 6.07) is 0. The third-order valence-corrected chi connectivity index (χ3v) is 6.46. The molecule has 3 rings (SSSR count). The molecule has 2 heterocycles. The van der Waals surface area contributed by atoms with Gasteiger partial charge in [0, 0.05) is 0 Å². The van der Waals surface area contributed by atoms with Gasteiger partial charge in [0.2, 0.25) is 0 Å². The summed E-state index contributed by atoms with van der Waals surface area (Å²) in [5, 5.41) is 4.46. The number of rotatable bonds is 0. The van der Waals surface area contributed by atoms with E-state index in [9.17, 15) is 0 Å². The van der Waals surface area contributed by atoms with Crippen LogP contribution in [0.15, 0.2) is 46.3 Å². The van der Waals surface area contributed by atoms with E-state index in [2.05, 4.69) is 49.0 Å². The lowest BCUT2D eigenvalue weighted by Crippen LogP contribution is -2.45. The van der Waals surface area contributed by atoms with Gasteiger partial charge < -0.3 is 0 Å². The molecule has 0 aromatic rings. The van der Waals surface area contributed by atoms with E-state index in [0.717, 1.165) is 0 Å². The first-order valence-corrected chi connectivity index (χ1v) is 6.54. The van der Waals surface area contributed by atoms with Crippen LogP contribution in [0, 0.1) is 0 Å². The summed E-state index contributed by atoms with van der Waals surface area (Å²) in [7, 11) is 0. The SMILES string of the molecule is CC12SC=CC1=CC=C1C=CSC12C. The van der Waals surface area contributed by atoms with Crippen molar-refractivity contribution in [3.05, 3.63) is 46.3 Å². The first-order valence-electron chi connectivity index (χ1n) is 4.78. The lowest BCUT2D eigenvalue weighted by molar-refractivity contribution is 0.620. The molecule has 0 fully saturated rings. The summed E-state index contributed by atoms with van der Waals surface area (Å²) in [4.78, 5) is 0. The van der Waals surface area contributed by atoms with E-state index in [1.165, 1.54) is 11.1 Å². The van der Waals surface area contributed by atoms with Crippen LogP contribution in [0.3, 0.4) is 0 Å². The largest absolute Gasteiger partial charge is 0.121 e. The average Bonchev–Trinajstić information content (AvgIpc) is 2.69. The molecule has 0 amide bonds. The first-order chi connectivity index (χ1) is 6.67. The minimum absolute atomic E-state index is 0.227. The molecule has 0 saturated heterocycles. The Hall–Kier alpha value is -0.340. The van der Waals surface area contributed by atoms with E-state index >= 15 is 0 Å². The van der Waals surface area contributed by atoms with Crippen LogP contribution in [0.5, 0.6) is 0 Å². The maximum absolute atomic E-state index is 2.36. The highest BCUT2D eigenvalue weighted by Crippen LogP contribution is 2.60. The van der Waals surface area contributed by atoms with Gasteiger partial charge in [0.1, 0.15) is 0 Å². The van der Waals surface area contributed by atoms with Gasteiger partial charge in [-0.15, -0.1) is 23.5 Å². The van der Waals surface area contributed by atoms with Crippen LogP contribution < -0.4 is 0 Å². The van der Waals surface area contributed by atoms with E-state index in [0.29, 0.717) is 0 Å². The van der Waals surface area contributed by atoms with Gasteiger partial charge in [0.05, 0.1) is 9.49 Å². The molecular formula is C12H12S2. The Kier molecular flexibility index (Phi) is 1.67. The molecular weight excluding hydrogens is 208 g/mol. The molecule has 2 aliphatic heterocycles. The topological polar surface area (TPSA) is 0 Å². The predicted molar refractivity (Wildman–Crippen MR) is 66.4 cm³/mol. The maximum Gasteiger partial charge on any atom is 0.0609 e. The van der Waals surface area contributed by atoms with E-state index in [1.807, 2.05) is 23.5 Å². The Morgan fingerprint density at radius 3 is 1.71 bits per heavy atom. The highest BCUT2D eigenvalue weighted by Gasteiger charge is 2.53. The van der Waals surface area contributed by atoms with Crippen molar-refractivity contribution >= 4 is 23.5 Å². The lowest BCUT2D eigenvalue weighted by Gasteiger charge is -2.44. The van der Waals surface area contributed by atoms with E-state index < -0.39 is 0 Å². The van der Waals surface area contributed by atoms with Crippen LogP contribution in [0.1, 0.15) is 13.8 Å². The van der Waals surface area contributed by atoms with Crippen molar-refractivity contribution in [3.63, 3.8) is 0 Å². The van der Waals surface area contributed by atoms with Gasteiger partial charge in [0.25, 0.3) is 0 Å². The Balaban J connectivity index is 2.21. The molecule has 0 nitrogen and oxygen atoms in total. The number of fused-ring (bicyclic) bond motifs is 3. The number of thioether (sulfide) groups is 2. The fourth-order valence-corrected chi connectivity index (χ4v) is 4.82. The number of allylic oxidation sites excluding steroid dienone is 4. The van der Waals surface area contributed by atoms with Gasteiger partial charge in [0.15, 0.2) is 0 Å². The normalized spacial score (nSPS) is 43.3. The van der Waals surface area contributed by atoms with Gasteiger partial charge in [-0.3, -0.25) is 0 Å². The predicted octanol–water partition coefficient (Wildman–Crippen LogP) is 3.89. The molecule has 0 aromatic heterocycles. The lowest BCUT2D eigenvalue weighted by atomic mass is 9.78. The number of hydrogen-bond donors (Lipinski definition) is 0. The van der Waals surface area contributed by atoms with Gasteiger partial charge in [-0.25, -0.2) is 0 Å². The molecule has 72 valence electrons. The third kappa shape index (κ3) is 0.842. The summed E-state index contributed by atoms with van der Waals surface area (Å²) in [5.74, 6) is 0. The van der Waals surface area contributed by atoms with Crippen LogP contribution >= 0.6 is 23.5 Å². The van der Waals surface area contributed by atoms with E-state index in [4.69, 9.17) is 0 Å². The molecule has 14 heavy (non-hydrogen) atoms. The van der Waals surface area contributed by atoms with Crippen molar-refractivity contribution in [1.82, 2.24) is 0 Å². The average molecular weight is 220 g/mol. The zero-order chi connectivity index (χ0) is 9.81. The molecule has 2 unspecified atom stereocenters. The quantitative estimate of drug-likeness (QED) is 0.607. The Bertz CT molecular complexity index is 374. The van der Waals surface area contributed by atoms with Crippen molar-refractivity contribution in [1.29, 1.82) is 0 Å². The summed E-state index contributed by atoms with van der Waals surface area (Å²) >= 11 is 3.91. The van der Waals surface area contributed by atoms with Crippen molar-refractivity contribution in [3.8, 4) is 0 Å². The Morgan fingerprint density at radius 1 is 0.857 bits per heavy atom. The minimum Gasteiger partial charge on any atom is -0.121 e. The Morgan fingerprint density at radius 2 is 1.29 bits per heavy atom. The molecule has 3 aliphatic rings. The molecule has 0 spiro atoms. The van der Waals surface area contributed by atoms with Crippen LogP contribution in [0.25, 0.3) is 0 Å². The van der Waals surface area contributed by atoms with Gasteiger partial charge >= 0.3 is 0 Å². The molecule has 0 saturated carbocycles. The van der Waals surface area contributed by atoms with E-state index in [1.54, 1.807) is 0 Å². The van der Waals surface area contributed by atoms with Gasteiger partial charge in [-0.05, 0) is 35.8 Å². The first kappa shape index (κ1) is 8.93.